The van der Waals surface area contributed by atoms with Gasteiger partial charge in [-0.05, 0) is 69.2 Å². The molecule has 3 N–H and O–H groups in total. The van der Waals surface area contributed by atoms with Crippen molar-refractivity contribution in [3.63, 3.8) is 0 Å². The number of methoxy groups -OCH3 is 1. The van der Waals surface area contributed by atoms with Gasteiger partial charge < -0.3 is 29.7 Å². The van der Waals surface area contributed by atoms with Crippen LogP contribution in [0, 0.1) is 0 Å². The molecule has 0 saturated carbocycles. The maximum atomic E-state index is 13.1. The molecule has 3 aromatic carbocycles. The number of anilines is 2. The van der Waals surface area contributed by atoms with Crippen molar-refractivity contribution in [2.45, 2.75) is 89.3 Å². The van der Waals surface area contributed by atoms with Crippen LogP contribution in [0.5, 0.6) is 5.75 Å². The van der Waals surface area contributed by atoms with Gasteiger partial charge in [0.05, 0.1) is 17.8 Å². The summed E-state index contributed by atoms with van der Waals surface area (Å²) in [5.74, 6) is 0.593. The molecule has 1 aromatic heterocycles. The summed E-state index contributed by atoms with van der Waals surface area (Å²) >= 11 is 6.55. The Bertz CT molecular complexity index is 2330. The van der Waals surface area contributed by atoms with Crippen molar-refractivity contribution >= 4 is 59.1 Å². The van der Waals surface area contributed by atoms with Crippen molar-refractivity contribution in [2.75, 3.05) is 50.3 Å². The summed E-state index contributed by atoms with van der Waals surface area (Å²) < 4.78 is 18.8. The number of nitrogens with one attached hydrogen (secondary N) is 3. The zero-order valence-corrected chi connectivity index (χ0v) is 36.8. The first-order chi connectivity index (χ1) is 29.4. The smallest absolute Gasteiger partial charge is 0.255 e. The first kappa shape index (κ1) is 43.8. The average molecular weight is 868 g/mol. The van der Waals surface area contributed by atoms with Gasteiger partial charge in [0.25, 0.3) is 5.91 Å². The molecule has 4 amide bonds. The number of hydrogen-bond acceptors (Lipinski definition) is 10. The van der Waals surface area contributed by atoms with Crippen LogP contribution in [0.1, 0.15) is 96.4 Å². The van der Waals surface area contributed by atoms with Gasteiger partial charge in [-0.2, -0.15) is 0 Å². The Labute approximate surface area is 362 Å². The molecule has 3 aliphatic heterocycles. The van der Waals surface area contributed by atoms with E-state index < -0.39 is 19.1 Å². The summed E-state index contributed by atoms with van der Waals surface area (Å²) in [4.78, 5) is 63.2. The lowest BCUT2D eigenvalue weighted by molar-refractivity contribution is -0.137. The zero-order chi connectivity index (χ0) is 43.1. The van der Waals surface area contributed by atoms with E-state index in [0.29, 0.717) is 54.3 Å². The summed E-state index contributed by atoms with van der Waals surface area (Å²) in [6.07, 6.45) is 9.02. The molecule has 2 saturated heterocycles. The average Bonchev–Trinajstić information content (AvgIpc) is 3.58. The van der Waals surface area contributed by atoms with E-state index in [1.165, 1.54) is 0 Å². The molecule has 4 aromatic rings. The van der Waals surface area contributed by atoms with Crippen molar-refractivity contribution in [2.24, 2.45) is 0 Å². The number of fused-ring (bicyclic) bond motifs is 1. The van der Waals surface area contributed by atoms with Crippen LogP contribution in [0.3, 0.4) is 0 Å². The van der Waals surface area contributed by atoms with E-state index in [2.05, 4.69) is 44.0 Å². The Balaban J connectivity index is 0.814. The number of benzene rings is 3. The number of aromatic nitrogens is 2. The molecule has 61 heavy (non-hydrogen) atoms. The van der Waals surface area contributed by atoms with E-state index in [-0.39, 0.29) is 30.2 Å². The summed E-state index contributed by atoms with van der Waals surface area (Å²) in [5, 5.41) is 10.4. The van der Waals surface area contributed by atoms with Crippen LogP contribution in [0.25, 0.3) is 0 Å². The van der Waals surface area contributed by atoms with Crippen LogP contribution < -0.4 is 30.9 Å². The molecule has 0 aliphatic carbocycles. The Kier molecular flexibility index (Phi) is 14.1. The maximum Gasteiger partial charge on any atom is 0.255 e. The van der Waals surface area contributed by atoms with Crippen LogP contribution >= 0.6 is 18.7 Å². The largest absolute Gasteiger partial charge is 0.496 e. The van der Waals surface area contributed by atoms with Crippen molar-refractivity contribution < 1.29 is 28.5 Å². The predicted molar refractivity (Wildman–Crippen MR) is 239 cm³/mol. The van der Waals surface area contributed by atoms with Crippen LogP contribution in [0.15, 0.2) is 66.9 Å². The van der Waals surface area contributed by atoms with Gasteiger partial charge in [-0.25, -0.2) is 9.97 Å². The second-order valence-corrected chi connectivity index (χ2v) is 20.2. The number of rotatable bonds is 17. The number of piperidine rings is 2. The predicted octanol–water partition coefficient (Wildman–Crippen LogP) is 6.48. The molecular weight excluding hydrogens is 813 g/mol. The van der Waals surface area contributed by atoms with Crippen LogP contribution in [-0.4, -0.2) is 90.7 Å². The highest BCUT2D eigenvalue weighted by Gasteiger charge is 2.40. The molecule has 15 heteroatoms. The molecule has 1 atom stereocenters. The topological polar surface area (TPSA) is 163 Å². The van der Waals surface area contributed by atoms with Gasteiger partial charge in [-0.3, -0.25) is 24.5 Å². The number of nitrogens with zero attached hydrogens (tertiary/aromatic N) is 4. The number of carbonyl (C=O) groups is 4. The van der Waals surface area contributed by atoms with Crippen molar-refractivity contribution in [3.8, 4) is 5.75 Å². The Morgan fingerprint density at radius 1 is 0.951 bits per heavy atom. The Morgan fingerprint density at radius 3 is 2.51 bits per heavy atom. The number of unbranched alkanes of at least 4 members (excludes halogenated alkanes) is 3. The zero-order valence-electron chi connectivity index (χ0n) is 35.2. The molecule has 322 valence electrons. The fraction of sp³-hybridized carbons (Fsp3) is 0.435. The molecule has 0 spiro atoms. The third kappa shape index (κ3) is 10.8. The summed E-state index contributed by atoms with van der Waals surface area (Å²) in [5.41, 5.74) is 6.04. The first-order valence-electron chi connectivity index (χ1n) is 21.2. The highest BCUT2D eigenvalue weighted by atomic mass is 35.5. The molecular formula is C46H55ClN7O6P. The van der Waals surface area contributed by atoms with Gasteiger partial charge in [0.2, 0.25) is 17.7 Å². The second kappa shape index (κ2) is 19.6. The van der Waals surface area contributed by atoms with E-state index in [0.717, 1.165) is 97.3 Å². The molecule has 7 rings (SSSR count). The third-order valence-corrected chi connectivity index (χ3v) is 13.8. The maximum absolute atomic E-state index is 13.1. The van der Waals surface area contributed by atoms with Gasteiger partial charge in [0.15, 0.2) is 0 Å². The van der Waals surface area contributed by atoms with E-state index >= 15 is 0 Å². The van der Waals surface area contributed by atoms with Crippen LogP contribution in [0.2, 0.25) is 5.02 Å². The van der Waals surface area contributed by atoms with Gasteiger partial charge >= 0.3 is 0 Å². The monoisotopic (exact) mass is 867 g/mol. The summed E-state index contributed by atoms with van der Waals surface area (Å²) in [7, 11) is -0.813. The number of carbonyl (C=O) groups excluding carboxylic acids is 4. The molecule has 3 aliphatic rings. The second-order valence-electron chi connectivity index (χ2n) is 16.6. The first-order valence-corrected chi connectivity index (χ1v) is 24.2. The van der Waals surface area contributed by atoms with Gasteiger partial charge in [0, 0.05) is 104 Å². The number of hydrogen-bond donors (Lipinski definition) is 3. The highest BCUT2D eigenvalue weighted by Crippen LogP contribution is 2.37. The minimum atomic E-state index is -2.48. The molecule has 1 unspecified atom stereocenters. The SMILES string of the molecule is COc1cc(N2CCC(NC(=O)CCCCCCNc3cccc4c3CN(C3CCC(=O)NC3=O)C4=O)CC2)ccc1Cc1ncc(Cl)c(Cc2ccccc2P(C)(C)=O)n1. The molecule has 13 nitrogen and oxygen atoms in total. The lowest BCUT2D eigenvalue weighted by Crippen LogP contribution is -2.52. The van der Waals surface area contributed by atoms with Gasteiger partial charge in [-0.15, -0.1) is 0 Å². The molecule has 4 heterocycles. The van der Waals surface area contributed by atoms with E-state index in [1.54, 1.807) is 37.6 Å². The van der Waals surface area contributed by atoms with E-state index in [1.807, 2.05) is 36.4 Å². The number of halogens is 1. The Morgan fingerprint density at radius 2 is 1.74 bits per heavy atom. The standard InChI is InChI=1S/C46H55ClN7O6P/c1-60-40-27-33(17-16-30(40)26-42-49-28-36(47)38(51-42)25-31-11-7-8-14-41(31)61(2,3)59)53-23-20-32(21-24-53)50-43(55)15-6-4-5-9-22-48-37-13-10-12-34-35(37)29-54(46(34)58)39-18-19-44(56)52-45(39)57/h7-8,10-14,16-17,27-28,32,39,48H,4-6,9,15,18-26,29H2,1-3H3,(H,50,55)(H,52,56,57). The highest BCUT2D eigenvalue weighted by molar-refractivity contribution is 7.70. The van der Waals surface area contributed by atoms with Crippen molar-refractivity contribution in [1.29, 1.82) is 0 Å². The van der Waals surface area contributed by atoms with E-state index in [4.69, 9.17) is 21.3 Å². The fourth-order valence-electron chi connectivity index (χ4n) is 8.59. The van der Waals surface area contributed by atoms with Gasteiger partial charge in [-0.1, -0.05) is 60.8 Å². The molecule has 2 fully saturated rings. The number of amides is 4. The Hall–Kier alpha value is -5.26. The fourth-order valence-corrected chi connectivity index (χ4v) is 10.0. The van der Waals surface area contributed by atoms with E-state index in [9.17, 15) is 23.7 Å². The van der Waals surface area contributed by atoms with Crippen molar-refractivity contribution in [3.05, 3.63) is 106 Å². The lowest BCUT2D eigenvalue weighted by atomic mass is 10.0. The molecule has 0 bridgehead atoms. The van der Waals surface area contributed by atoms with Gasteiger partial charge in [0.1, 0.15) is 24.8 Å². The normalized spacial score (nSPS) is 17.0. The molecule has 0 radical (unpaired) electrons. The van der Waals surface area contributed by atoms with Crippen molar-refractivity contribution in [1.82, 2.24) is 25.5 Å². The number of ether oxygens (including phenoxy) is 1. The third-order valence-electron chi connectivity index (χ3n) is 11.9. The number of imide groups is 1. The summed E-state index contributed by atoms with van der Waals surface area (Å²) in [6.45, 7) is 6.27. The quantitative estimate of drug-likeness (QED) is 0.0609. The lowest BCUT2D eigenvalue weighted by Gasteiger charge is -2.34. The minimum absolute atomic E-state index is 0.0974. The van der Waals surface area contributed by atoms with Crippen LogP contribution in [0.4, 0.5) is 11.4 Å². The van der Waals surface area contributed by atoms with Crippen LogP contribution in [-0.2, 0) is 38.3 Å². The summed E-state index contributed by atoms with van der Waals surface area (Å²) in [6, 6.07) is 19.1. The minimum Gasteiger partial charge on any atom is -0.496 e.